The van der Waals surface area contributed by atoms with E-state index in [-0.39, 0.29) is 11.5 Å². The van der Waals surface area contributed by atoms with Gasteiger partial charge in [-0.15, -0.1) is 0 Å². The molecule has 144 valence electrons. The molecule has 28 heavy (non-hydrogen) atoms. The molecule has 2 heterocycles. The van der Waals surface area contributed by atoms with Crippen molar-refractivity contribution in [2.75, 3.05) is 20.2 Å². The number of aromatic nitrogens is 2. The van der Waals surface area contributed by atoms with Gasteiger partial charge in [0.05, 0.1) is 18.2 Å². The van der Waals surface area contributed by atoms with E-state index in [1.54, 1.807) is 49.6 Å². The minimum atomic E-state index is -0.246. The van der Waals surface area contributed by atoms with Crippen molar-refractivity contribution in [1.82, 2.24) is 14.7 Å². The standard InChI is InChI=1S/C22H23N3O3/c1-15-11-13-24(14-12-15)22(27)20-18-5-3-4-6-19(18)21(26)25(23-20)16-7-9-17(28-2)10-8-16/h3-10,15H,11-14H2,1-2H3. The first-order valence-corrected chi connectivity index (χ1v) is 9.54. The van der Waals surface area contributed by atoms with Gasteiger partial charge in [0.15, 0.2) is 5.69 Å². The minimum Gasteiger partial charge on any atom is -0.497 e. The summed E-state index contributed by atoms with van der Waals surface area (Å²) in [6.07, 6.45) is 1.98. The van der Waals surface area contributed by atoms with E-state index >= 15 is 0 Å². The number of fused-ring (bicyclic) bond motifs is 1. The molecule has 6 nitrogen and oxygen atoms in total. The van der Waals surface area contributed by atoms with Gasteiger partial charge < -0.3 is 9.64 Å². The molecule has 0 unspecified atom stereocenters. The van der Waals surface area contributed by atoms with E-state index in [0.29, 0.717) is 33.8 Å². The Morgan fingerprint density at radius 2 is 1.68 bits per heavy atom. The van der Waals surface area contributed by atoms with E-state index in [2.05, 4.69) is 12.0 Å². The third-order valence-corrected chi connectivity index (χ3v) is 5.40. The van der Waals surface area contributed by atoms with Gasteiger partial charge in [0, 0.05) is 18.5 Å². The van der Waals surface area contributed by atoms with Crippen molar-refractivity contribution >= 4 is 16.7 Å². The molecule has 1 amide bonds. The highest BCUT2D eigenvalue weighted by atomic mass is 16.5. The Kier molecular flexibility index (Phi) is 4.86. The summed E-state index contributed by atoms with van der Waals surface area (Å²) in [7, 11) is 1.59. The quantitative estimate of drug-likeness (QED) is 0.703. The van der Waals surface area contributed by atoms with E-state index in [4.69, 9.17) is 4.74 Å². The van der Waals surface area contributed by atoms with Crippen LogP contribution >= 0.6 is 0 Å². The van der Waals surface area contributed by atoms with Gasteiger partial charge in [-0.25, -0.2) is 0 Å². The molecule has 0 atom stereocenters. The molecule has 0 spiro atoms. The number of benzene rings is 2. The maximum atomic E-state index is 13.2. The van der Waals surface area contributed by atoms with Crippen molar-refractivity contribution in [2.24, 2.45) is 5.92 Å². The Balaban J connectivity index is 1.84. The maximum absolute atomic E-state index is 13.2. The lowest BCUT2D eigenvalue weighted by molar-refractivity contribution is 0.0691. The summed E-state index contributed by atoms with van der Waals surface area (Å²) in [5.41, 5.74) is 0.669. The lowest BCUT2D eigenvalue weighted by atomic mass is 9.99. The number of carbonyl (C=O) groups excluding carboxylic acids is 1. The number of likely N-dealkylation sites (tertiary alicyclic amines) is 1. The summed E-state index contributed by atoms with van der Waals surface area (Å²) in [6, 6.07) is 14.2. The minimum absolute atomic E-state index is 0.120. The number of carbonyl (C=O) groups is 1. The summed E-state index contributed by atoms with van der Waals surface area (Å²) in [5, 5.41) is 5.58. The zero-order valence-corrected chi connectivity index (χ0v) is 16.1. The molecule has 3 aromatic rings. The number of ether oxygens (including phenoxy) is 1. The van der Waals surface area contributed by atoms with Gasteiger partial charge in [-0.1, -0.05) is 25.1 Å². The van der Waals surface area contributed by atoms with E-state index in [0.717, 1.165) is 25.9 Å². The predicted molar refractivity (Wildman–Crippen MR) is 108 cm³/mol. The third kappa shape index (κ3) is 3.26. The first kappa shape index (κ1) is 18.2. The van der Waals surface area contributed by atoms with E-state index in [1.165, 1.54) is 4.68 Å². The van der Waals surface area contributed by atoms with Crippen LogP contribution < -0.4 is 10.3 Å². The second kappa shape index (κ2) is 7.46. The fourth-order valence-electron chi connectivity index (χ4n) is 3.61. The van der Waals surface area contributed by atoms with Gasteiger partial charge >= 0.3 is 0 Å². The highest BCUT2D eigenvalue weighted by Gasteiger charge is 2.25. The summed E-state index contributed by atoms with van der Waals surface area (Å²) in [5.74, 6) is 1.20. The molecule has 1 aliphatic rings. The lowest BCUT2D eigenvalue weighted by Crippen LogP contribution is -2.39. The highest BCUT2D eigenvalue weighted by molar-refractivity contribution is 6.04. The van der Waals surface area contributed by atoms with Gasteiger partial charge in [-0.3, -0.25) is 9.59 Å². The Morgan fingerprint density at radius 1 is 1.04 bits per heavy atom. The average Bonchev–Trinajstić information content (AvgIpc) is 2.74. The van der Waals surface area contributed by atoms with E-state index in [9.17, 15) is 9.59 Å². The van der Waals surface area contributed by atoms with Crippen molar-refractivity contribution < 1.29 is 9.53 Å². The molecular formula is C22H23N3O3. The molecule has 2 aromatic carbocycles. The lowest BCUT2D eigenvalue weighted by Gasteiger charge is -2.30. The summed E-state index contributed by atoms with van der Waals surface area (Å²) in [6.45, 7) is 3.65. The number of hydrogen-bond acceptors (Lipinski definition) is 4. The van der Waals surface area contributed by atoms with Crippen LogP contribution in [0, 0.1) is 5.92 Å². The van der Waals surface area contributed by atoms with Crippen molar-refractivity contribution in [2.45, 2.75) is 19.8 Å². The SMILES string of the molecule is COc1ccc(-n2nc(C(=O)N3CCC(C)CC3)c3ccccc3c2=O)cc1. The zero-order chi connectivity index (χ0) is 19.7. The van der Waals surface area contributed by atoms with Crippen LogP contribution in [-0.4, -0.2) is 40.8 Å². The number of amides is 1. The van der Waals surface area contributed by atoms with E-state index in [1.807, 2.05) is 11.0 Å². The van der Waals surface area contributed by atoms with Crippen LogP contribution in [0.15, 0.2) is 53.3 Å². The predicted octanol–water partition coefficient (Wildman–Crippen LogP) is 3.27. The Bertz CT molecular complexity index is 1060. The Labute approximate surface area is 163 Å². The van der Waals surface area contributed by atoms with Gasteiger partial charge in [-0.05, 0) is 49.1 Å². The Morgan fingerprint density at radius 3 is 2.32 bits per heavy atom. The van der Waals surface area contributed by atoms with Crippen LogP contribution in [0.1, 0.15) is 30.3 Å². The summed E-state index contributed by atoms with van der Waals surface area (Å²) < 4.78 is 6.49. The molecule has 6 heteroatoms. The number of piperidine rings is 1. The smallest absolute Gasteiger partial charge is 0.279 e. The van der Waals surface area contributed by atoms with Gasteiger partial charge in [-0.2, -0.15) is 9.78 Å². The van der Waals surface area contributed by atoms with Crippen molar-refractivity contribution in [3.8, 4) is 11.4 Å². The second-order valence-corrected chi connectivity index (χ2v) is 7.28. The van der Waals surface area contributed by atoms with Crippen molar-refractivity contribution in [1.29, 1.82) is 0 Å². The third-order valence-electron chi connectivity index (χ3n) is 5.40. The molecule has 4 rings (SSSR count). The molecular weight excluding hydrogens is 354 g/mol. The van der Waals surface area contributed by atoms with E-state index < -0.39 is 0 Å². The normalized spacial score (nSPS) is 15.0. The second-order valence-electron chi connectivity index (χ2n) is 7.28. The van der Waals surface area contributed by atoms with Gasteiger partial charge in [0.1, 0.15) is 5.75 Å². The molecule has 1 saturated heterocycles. The molecule has 1 aromatic heterocycles. The van der Waals surface area contributed by atoms with Crippen LogP contribution in [0.25, 0.3) is 16.5 Å². The zero-order valence-electron chi connectivity index (χ0n) is 16.1. The fourth-order valence-corrected chi connectivity index (χ4v) is 3.61. The number of nitrogens with zero attached hydrogens (tertiary/aromatic N) is 3. The van der Waals surface area contributed by atoms with Crippen LogP contribution in [-0.2, 0) is 0 Å². The monoisotopic (exact) mass is 377 g/mol. The first-order chi connectivity index (χ1) is 13.6. The van der Waals surface area contributed by atoms with Crippen LogP contribution in [0.3, 0.4) is 0 Å². The topological polar surface area (TPSA) is 64.4 Å². The molecule has 0 aliphatic carbocycles. The van der Waals surface area contributed by atoms with Gasteiger partial charge in [0.2, 0.25) is 0 Å². The fraction of sp³-hybridized carbons (Fsp3) is 0.318. The largest absolute Gasteiger partial charge is 0.497 e. The number of methoxy groups -OCH3 is 1. The molecule has 0 bridgehead atoms. The van der Waals surface area contributed by atoms with Crippen LogP contribution in [0.4, 0.5) is 0 Å². The molecule has 1 fully saturated rings. The number of rotatable bonds is 3. The highest BCUT2D eigenvalue weighted by Crippen LogP contribution is 2.22. The van der Waals surface area contributed by atoms with Crippen LogP contribution in [0.2, 0.25) is 0 Å². The summed E-state index contributed by atoms with van der Waals surface area (Å²) in [4.78, 5) is 28.1. The molecule has 0 saturated carbocycles. The van der Waals surface area contributed by atoms with Crippen molar-refractivity contribution in [3.05, 3.63) is 64.6 Å². The average molecular weight is 377 g/mol. The molecule has 0 N–H and O–H groups in total. The Hall–Kier alpha value is -3.15. The molecule has 1 aliphatic heterocycles. The molecule has 0 radical (unpaired) electrons. The van der Waals surface area contributed by atoms with Crippen molar-refractivity contribution in [3.63, 3.8) is 0 Å². The first-order valence-electron chi connectivity index (χ1n) is 9.54. The summed E-state index contributed by atoms with van der Waals surface area (Å²) >= 11 is 0. The van der Waals surface area contributed by atoms with Gasteiger partial charge in [0.25, 0.3) is 11.5 Å². The van der Waals surface area contributed by atoms with Crippen LogP contribution in [0.5, 0.6) is 5.75 Å². The maximum Gasteiger partial charge on any atom is 0.279 e. The number of hydrogen-bond donors (Lipinski definition) is 0.